The molecule has 2 heterocycles. The molecular formula is C8H7N3O2S. The summed E-state index contributed by atoms with van der Waals surface area (Å²) in [7, 11) is 1.34. The SMILES string of the molecule is COC(=O)c1cc2cnc(N)nc2s1. The van der Waals surface area contributed by atoms with E-state index in [1.54, 1.807) is 12.3 Å². The number of nitrogens with zero attached hydrogens (tertiary/aromatic N) is 2. The van der Waals surface area contributed by atoms with Gasteiger partial charge in [0.2, 0.25) is 5.95 Å². The van der Waals surface area contributed by atoms with Gasteiger partial charge in [-0.2, -0.15) is 0 Å². The van der Waals surface area contributed by atoms with Gasteiger partial charge in [-0.3, -0.25) is 0 Å². The highest BCUT2D eigenvalue weighted by molar-refractivity contribution is 7.20. The first-order valence-corrected chi connectivity index (χ1v) is 4.62. The first-order chi connectivity index (χ1) is 6.70. The third-order valence-corrected chi connectivity index (χ3v) is 2.70. The van der Waals surface area contributed by atoms with E-state index in [0.29, 0.717) is 9.71 Å². The lowest BCUT2D eigenvalue weighted by Crippen LogP contribution is -1.96. The summed E-state index contributed by atoms with van der Waals surface area (Å²) in [4.78, 5) is 20.2. The standard InChI is InChI=1S/C8H7N3O2S/c1-13-7(12)5-2-4-3-10-8(9)11-6(4)14-5/h2-3H,1H3,(H2,9,10,11). The molecule has 0 saturated carbocycles. The zero-order valence-electron chi connectivity index (χ0n) is 7.35. The molecule has 0 fully saturated rings. The van der Waals surface area contributed by atoms with Gasteiger partial charge in [-0.15, -0.1) is 11.3 Å². The molecular weight excluding hydrogens is 202 g/mol. The minimum absolute atomic E-state index is 0.204. The Morgan fingerprint density at radius 1 is 1.64 bits per heavy atom. The Hall–Kier alpha value is -1.69. The number of hydrogen-bond donors (Lipinski definition) is 1. The van der Waals surface area contributed by atoms with E-state index in [1.165, 1.54) is 18.4 Å². The summed E-state index contributed by atoms with van der Waals surface area (Å²) in [6.07, 6.45) is 1.58. The van der Waals surface area contributed by atoms with Gasteiger partial charge in [0.15, 0.2) is 0 Å². The van der Waals surface area contributed by atoms with Gasteiger partial charge < -0.3 is 10.5 Å². The monoisotopic (exact) mass is 209 g/mol. The van der Waals surface area contributed by atoms with E-state index >= 15 is 0 Å². The van der Waals surface area contributed by atoms with Crippen LogP contribution in [0.4, 0.5) is 5.95 Å². The zero-order valence-corrected chi connectivity index (χ0v) is 8.17. The number of methoxy groups -OCH3 is 1. The van der Waals surface area contributed by atoms with Crippen molar-refractivity contribution < 1.29 is 9.53 Å². The molecule has 2 aromatic rings. The minimum Gasteiger partial charge on any atom is -0.465 e. The van der Waals surface area contributed by atoms with Gasteiger partial charge in [0.25, 0.3) is 0 Å². The molecule has 6 heteroatoms. The van der Waals surface area contributed by atoms with E-state index in [1.807, 2.05) is 0 Å². The van der Waals surface area contributed by atoms with Crippen molar-refractivity contribution in [1.82, 2.24) is 9.97 Å². The van der Waals surface area contributed by atoms with Crippen molar-refractivity contribution in [3.8, 4) is 0 Å². The average molecular weight is 209 g/mol. The highest BCUT2D eigenvalue weighted by atomic mass is 32.1. The van der Waals surface area contributed by atoms with Gasteiger partial charge in [-0.1, -0.05) is 0 Å². The van der Waals surface area contributed by atoms with E-state index in [0.717, 1.165) is 5.39 Å². The molecule has 0 radical (unpaired) electrons. The number of ether oxygens (including phenoxy) is 1. The normalized spacial score (nSPS) is 10.4. The highest BCUT2D eigenvalue weighted by Gasteiger charge is 2.11. The van der Waals surface area contributed by atoms with Gasteiger partial charge in [-0.25, -0.2) is 14.8 Å². The number of nitrogen functional groups attached to an aromatic ring is 1. The Morgan fingerprint density at radius 3 is 3.14 bits per heavy atom. The Balaban J connectivity index is 2.56. The quantitative estimate of drug-likeness (QED) is 0.710. The number of carbonyl (C=O) groups excluding carboxylic acids is 1. The first-order valence-electron chi connectivity index (χ1n) is 3.81. The van der Waals surface area contributed by atoms with Crippen molar-refractivity contribution >= 4 is 33.5 Å². The third kappa shape index (κ3) is 1.39. The van der Waals surface area contributed by atoms with Crippen molar-refractivity contribution in [3.05, 3.63) is 17.1 Å². The number of anilines is 1. The Morgan fingerprint density at radius 2 is 2.43 bits per heavy atom. The topological polar surface area (TPSA) is 78.1 Å². The van der Waals surface area contributed by atoms with Crippen molar-refractivity contribution in [2.75, 3.05) is 12.8 Å². The Labute approximate surface area is 83.5 Å². The maximum atomic E-state index is 11.2. The lowest BCUT2D eigenvalue weighted by atomic mass is 10.4. The number of rotatable bonds is 1. The molecule has 0 aliphatic rings. The number of hydrogen-bond acceptors (Lipinski definition) is 6. The molecule has 72 valence electrons. The fourth-order valence-electron chi connectivity index (χ4n) is 1.05. The van der Waals surface area contributed by atoms with Crippen molar-refractivity contribution in [3.63, 3.8) is 0 Å². The van der Waals surface area contributed by atoms with Crippen LogP contribution in [-0.2, 0) is 4.74 Å². The van der Waals surface area contributed by atoms with Crippen molar-refractivity contribution in [1.29, 1.82) is 0 Å². The molecule has 2 aromatic heterocycles. The molecule has 0 saturated heterocycles. The molecule has 2 N–H and O–H groups in total. The molecule has 5 nitrogen and oxygen atoms in total. The van der Waals surface area contributed by atoms with Crippen LogP contribution in [0.5, 0.6) is 0 Å². The van der Waals surface area contributed by atoms with Gasteiger partial charge in [0.1, 0.15) is 9.71 Å². The van der Waals surface area contributed by atoms with Crippen LogP contribution in [0.15, 0.2) is 12.3 Å². The highest BCUT2D eigenvalue weighted by Crippen LogP contribution is 2.23. The van der Waals surface area contributed by atoms with Crippen LogP contribution >= 0.6 is 11.3 Å². The fourth-order valence-corrected chi connectivity index (χ4v) is 1.97. The van der Waals surface area contributed by atoms with E-state index in [2.05, 4.69) is 14.7 Å². The smallest absolute Gasteiger partial charge is 0.348 e. The molecule has 0 spiro atoms. The van der Waals surface area contributed by atoms with Crippen LogP contribution in [0, 0.1) is 0 Å². The Kier molecular flexibility index (Phi) is 2.05. The van der Waals surface area contributed by atoms with Crippen LogP contribution in [-0.4, -0.2) is 23.0 Å². The predicted octanol–water partition coefficient (Wildman–Crippen LogP) is 1.06. The summed E-state index contributed by atoms with van der Waals surface area (Å²) in [6.45, 7) is 0. The van der Waals surface area contributed by atoms with Crippen LogP contribution in [0.3, 0.4) is 0 Å². The van der Waals surface area contributed by atoms with Gasteiger partial charge in [0, 0.05) is 11.6 Å². The molecule has 0 bridgehead atoms. The molecule has 0 unspecified atom stereocenters. The number of aromatic nitrogens is 2. The Bertz CT molecular complexity index is 494. The molecule has 2 rings (SSSR count). The summed E-state index contributed by atoms with van der Waals surface area (Å²) in [5.74, 6) is -0.165. The van der Waals surface area contributed by atoms with Crippen molar-refractivity contribution in [2.45, 2.75) is 0 Å². The number of fused-ring (bicyclic) bond motifs is 1. The van der Waals surface area contributed by atoms with Gasteiger partial charge >= 0.3 is 5.97 Å². The molecule has 0 aliphatic carbocycles. The summed E-state index contributed by atoms with van der Waals surface area (Å²) >= 11 is 1.24. The largest absolute Gasteiger partial charge is 0.465 e. The van der Waals surface area contributed by atoms with Gasteiger partial charge in [-0.05, 0) is 6.07 Å². The second-order valence-electron chi connectivity index (χ2n) is 2.59. The van der Waals surface area contributed by atoms with Crippen LogP contribution < -0.4 is 5.73 Å². The summed E-state index contributed by atoms with van der Waals surface area (Å²) < 4.78 is 4.59. The van der Waals surface area contributed by atoms with Crippen LogP contribution in [0.2, 0.25) is 0 Å². The second-order valence-corrected chi connectivity index (χ2v) is 3.62. The number of carbonyl (C=O) groups is 1. The zero-order chi connectivity index (χ0) is 10.1. The maximum absolute atomic E-state index is 11.2. The van der Waals surface area contributed by atoms with Crippen molar-refractivity contribution in [2.24, 2.45) is 0 Å². The average Bonchev–Trinajstić information content (AvgIpc) is 2.59. The summed E-state index contributed by atoms with van der Waals surface area (Å²) in [5, 5.41) is 0.796. The summed E-state index contributed by atoms with van der Waals surface area (Å²) in [5.41, 5.74) is 5.41. The van der Waals surface area contributed by atoms with Crippen LogP contribution in [0.25, 0.3) is 10.2 Å². The van der Waals surface area contributed by atoms with E-state index < -0.39 is 0 Å². The van der Waals surface area contributed by atoms with Crippen LogP contribution in [0.1, 0.15) is 9.67 Å². The number of esters is 1. The lowest BCUT2D eigenvalue weighted by molar-refractivity contribution is 0.0606. The van der Waals surface area contributed by atoms with Gasteiger partial charge in [0.05, 0.1) is 7.11 Å². The molecule has 0 aliphatic heterocycles. The lowest BCUT2D eigenvalue weighted by Gasteiger charge is -1.90. The first kappa shape index (κ1) is 8.89. The second kappa shape index (κ2) is 3.22. The third-order valence-electron chi connectivity index (χ3n) is 1.68. The van der Waals surface area contributed by atoms with E-state index in [-0.39, 0.29) is 11.9 Å². The molecule has 0 aromatic carbocycles. The fraction of sp³-hybridized carbons (Fsp3) is 0.125. The maximum Gasteiger partial charge on any atom is 0.348 e. The molecule has 14 heavy (non-hydrogen) atoms. The summed E-state index contributed by atoms with van der Waals surface area (Å²) in [6, 6.07) is 1.69. The van der Waals surface area contributed by atoms with E-state index in [4.69, 9.17) is 5.73 Å². The number of thiophene rings is 1. The van der Waals surface area contributed by atoms with E-state index in [9.17, 15) is 4.79 Å². The molecule has 0 amide bonds. The minimum atomic E-state index is -0.369. The molecule has 0 atom stereocenters. The predicted molar refractivity (Wildman–Crippen MR) is 53.2 cm³/mol. The number of nitrogens with two attached hydrogens (primary N) is 1.